The van der Waals surface area contributed by atoms with Crippen molar-refractivity contribution in [3.8, 4) is 0 Å². The summed E-state index contributed by atoms with van der Waals surface area (Å²) in [4.78, 5) is 47.2. The van der Waals surface area contributed by atoms with E-state index in [9.17, 15) is 19.2 Å². The molecule has 0 saturated carbocycles. The van der Waals surface area contributed by atoms with E-state index < -0.39 is 36.7 Å². The van der Waals surface area contributed by atoms with E-state index >= 15 is 0 Å². The number of hydrogen-bond acceptors (Lipinski definition) is 6. The zero-order valence-corrected chi connectivity index (χ0v) is 14.2. The van der Waals surface area contributed by atoms with Crippen molar-refractivity contribution in [3.05, 3.63) is 70.7 Å². The maximum absolute atomic E-state index is 11.9. The van der Waals surface area contributed by atoms with Crippen LogP contribution in [0.4, 0.5) is 0 Å². The molecule has 8 nitrogen and oxygen atoms in total. The van der Waals surface area contributed by atoms with Gasteiger partial charge in [-0.3, -0.25) is 24.3 Å². The molecule has 1 N–H and O–H groups in total. The molecule has 3 aromatic rings. The summed E-state index contributed by atoms with van der Waals surface area (Å²) in [6.07, 6.45) is 0.0386. The summed E-state index contributed by atoms with van der Waals surface area (Å²) in [5.41, 5.74) is 1.55. The second-order valence-corrected chi connectivity index (χ2v) is 5.72. The monoisotopic (exact) mass is 368 g/mol. The fourth-order valence-corrected chi connectivity index (χ4v) is 2.50. The smallest absolute Gasteiger partial charge is 0.420 e. The van der Waals surface area contributed by atoms with Crippen LogP contribution in [0.3, 0.4) is 0 Å². The Morgan fingerprint density at radius 2 is 1.67 bits per heavy atom. The Morgan fingerprint density at radius 3 is 2.44 bits per heavy atom. The SMILES string of the molecule is O=C(COC(=O)Cn1c(=O)oc2ccccc21)NC(=O)Cc1ccccc1. The van der Waals surface area contributed by atoms with Gasteiger partial charge in [0.25, 0.3) is 5.91 Å². The number of ether oxygens (including phenoxy) is 1. The fraction of sp³-hybridized carbons (Fsp3) is 0.158. The number of carbonyl (C=O) groups excluding carboxylic acids is 3. The van der Waals surface area contributed by atoms with Gasteiger partial charge in [0.15, 0.2) is 12.2 Å². The summed E-state index contributed by atoms with van der Waals surface area (Å²) >= 11 is 0. The third-order valence-electron chi connectivity index (χ3n) is 3.71. The minimum Gasteiger partial charge on any atom is -0.454 e. The number of benzene rings is 2. The second-order valence-electron chi connectivity index (χ2n) is 5.72. The number of hydrogen-bond donors (Lipinski definition) is 1. The van der Waals surface area contributed by atoms with Crippen LogP contribution in [0.2, 0.25) is 0 Å². The zero-order chi connectivity index (χ0) is 19.2. The number of amides is 2. The van der Waals surface area contributed by atoms with Gasteiger partial charge in [-0.05, 0) is 17.7 Å². The van der Waals surface area contributed by atoms with Gasteiger partial charge in [0, 0.05) is 0 Å². The number of nitrogens with one attached hydrogen (secondary N) is 1. The van der Waals surface area contributed by atoms with Gasteiger partial charge in [0.2, 0.25) is 5.91 Å². The Kier molecular flexibility index (Phi) is 5.46. The molecule has 1 aromatic heterocycles. The second kappa shape index (κ2) is 8.13. The topological polar surface area (TPSA) is 108 Å². The molecule has 0 saturated heterocycles. The lowest BCUT2D eigenvalue weighted by Crippen LogP contribution is -2.35. The highest BCUT2D eigenvalue weighted by Crippen LogP contribution is 2.11. The van der Waals surface area contributed by atoms with E-state index in [2.05, 4.69) is 5.32 Å². The molecule has 3 rings (SSSR count). The highest BCUT2D eigenvalue weighted by atomic mass is 16.5. The molecular formula is C19H16N2O6. The van der Waals surface area contributed by atoms with Crippen LogP contribution < -0.4 is 11.1 Å². The van der Waals surface area contributed by atoms with E-state index in [-0.39, 0.29) is 6.42 Å². The molecule has 0 atom stereocenters. The van der Waals surface area contributed by atoms with Crippen molar-refractivity contribution < 1.29 is 23.5 Å². The number of esters is 1. The van der Waals surface area contributed by atoms with Crippen molar-refractivity contribution in [2.75, 3.05) is 6.61 Å². The van der Waals surface area contributed by atoms with Gasteiger partial charge in [0.05, 0.1) is 11.9 Å². The summed E-state index contributed by atoms with van der Waals surface area (Å²) in [6.45, 7) is -1.02. The van der Waals surface area contributed by atoms with Crippen molar-refractivity contribution in [2.45, 2.75) is 13.0 Å². The van der Waals surface area contributed by atoms with Gasteiger partial charge in [-0.2, -0.15) is 0 Å². The average Bonchev–Trinajstić information content (AvgIpc) is 2.96. The first-order chi connectivity index (χ1) is 13.0. The molecule has 0 bridgehead atoms. The van der Waals surface area contributed by atoms with Crippen molar-refractivity contribution in [1.29, 1.82) is 0 Å². The van der Waals surface area contributed by atoms with Crippen LogP contribution in [0.1, 0.15) is 5.56 Å². The van der Waals surface area contributed by atoms with E-state index in [1.165, 1.54) is 0 Å². The Bertz CT molecular complexity index is 1040. The van der Waals surface area contributed by atoms with Gasteiger partial charge in [-0.25, -0.2) is 4.79 Å². The lowest BCUT2D eigenvalue weighted by molar-refractivity contribution is -0.150. The molecule has 1 heterocycles. The molecule has 2 amide bonds. The summed E-state index contributed by atoms with van der Waals surface area (Å²) < 4.78 is 10.9. The number of nitrogens with zero attached hydrogens (tertiary/aromatic N) is 1. The van der Waals surface area contributed by atoms with Gasteiger partial charge < -0.3 is 9.15 Å². The minimum atomic E-state index is -0.797. The van der Waals surface area contributed by atoms with Crippen LogP contribution in [-0.4, -0.2) is 29.0 Å². The Balaban J connectivity index is 1.50. The molecule has 0 unspecified atom stereocenters. The van der Waals surface area contributed by atoms with Crippen LogP contribution >= 0.6 is 0 Å². The molecule has 27 heavy (non-hydrogen) atoms. The summed E-state index contributed by atoms with van der Waals surface area (Å²) in [5.74, 6) is -2.74. The highest BCUT2D eigenvalue weighted by Gasteiger charge is 2.15. The number of rotatable bonds is 6. The predicted octanol–water partition coefficient (Wildman–Crippen LogP) is 1.02. The van der Waals surface area contributed by atoms with E-state index in [0.29, 0.717) is 11.1 Å². The zero-order valence-electron chi connectivity index (χ0n) is 14.2. The van der Waals surface area contributed by atoms with Crippen LogP contribution in [0.25, 0.3) is 11.1 Å². The van der Waals surface area contributed by atoms with Gasteiger partial charge in [0.1, 0.15) is 6.54 Å². The third kappa shape index (κ3) is 4.69. The van der Waals surface area contributed by atoms with Crippen LogP contribution in [0.5, 0.6) is 0 Å². The highest BCUT2D eigenvalue weighted by molar-refractivity contribution is 5.97. The number of carbonyl (C=O) groups is 3. The van der Waals surface area contributed by atoms with E-state index in [0.717, 1.165) is 10.1 Å². The Hall–Kier alpha value is -3.68. The Labute approximate surface area is 153 Å². The molecule has 0 spiro atoms. The van der Waals surface area contributed by atoms with Crippen molar-refractivity contribution >= 4 is 28.9 Å². The van der Waals surface area contributed by atoms with Crippen molar-refractivity contribution in [1.82, 2.24) is 9.88 Å². The molecule has 0 aliphatic carbocycles. The minimum absolute atomic E-state index is 0.0386. The standard InChI is InChI=1S/C19H16N2O6/c22-16(10-13-6-2-1-3-7-13)20-17(23)12-26-18(24)11-21-14-8-4-5-9-15(14)27-19(21)25/h1-9H,10-12H2,(H,20,22,23). The van der Waals surface area contributed by atoms with Gasteiger partial charge in [-0.15, -0.1) is 0 Å². The molecule has 0 aliphatic heterocycles. The molecule has 0 radical (unpaired) electrons. The van der Waals surface area contributed by atoms with Crippen LogP contribution in [0.15, 0.2) is 63.8 Å². The van der Waals surface area contributed by atoms with Crippen LogP contribution in [0, 0.1) is 0 Å². The molecule has 138 valence electrons. The Morgan fingerprint density at radius 1 is 0.963 bits per heavy atom. The van der Waals surface area contributed by atoms with Crippen molar-refractivity contribution in [3.63, 3.8) is 0 Å². The predicted molar refractivity (Wildman–Crippen MR) is 94.7 cm³/mol. The maximum Gasteiger partial charge on any atom is 0.420 e. The van der Waals surface area contributed by atoms with Gasteiger partial charge in [-0.1, -0.05) is 42.5 Å². The summed E-state index contributed by atoms with van der Waals surface area (Å²) in [5, 5.41) is 2.14. The summed E-state index contributed by atoms with van der Waals surface area (Å²) in [7, 11) is 0. The maximum atomic E-state index is 11.9. The quantitative estimate of drug-likeness (QED) is 0.651. The number of aromatic nitrogens is 1. The largest absolute Gasteiger partial charge is 0.454 e. The number of para-hydroxylation sites is 2. The van der Waals surface area contributed by atoms with Crippen molar-refractivity contribution in [2.24, 2.45) is 0 Å². The molecule has 2 aromatic carbocycles. The average molecular weight is 368 g/mol. The number of oxazole rings is 1. The molecule has 8 heteroatoms. The van der Waals surface area contributed by atoms with E-state index in [1.807, 2.05) is 6.07 Å². The third-order valence-corrected chi connectivity index (χ3v) is 3.71. The lowest BCUT2D eigenvalue weighted by Gasteiger charge is -2.06. The van der Waals surface area contributed by atoms with Crippen LogP contribution in [-0.2, 0) is 32.1 Å². The number of fused-ring (bicyclic) bond motifs is 1. The molecule has 0 fully saturated rings. The molecule has 0 aliphatic rings. The van der Waals surface area contributed by atoms with E-state index in [4.69, 9.17) is 9.15 Å². The molecular weight excluding hydrogens is 352 g/mol. The van der Waals surface area contributed by atoms with E-state index in [1.54, 1.807) is 48.5 Å². The number of imide groups is 1. The summed E-state index contributed by atoms with van der Waals surface area (Å²) in [6, 6.07) is 15.5. The normalized spacial score (nSPS) is 10.5. The first kappa shape index (κ1) is 18.1. The lowest BCUT2D eigenvalue weighted by atomic mass is 10.1. The first-order valence-corrected chi connectivity index (χ1v) is 8.13. The first-order valence-electron chi connectivity index (χ1n) is 8.13. The fourth-order valence-electron chi connectivity index (χ4n) is 2.50. The van der Waals surface area contributed by atoms with Gasteiger partial charge >= 0.3 is 11.7 Å².